The summed E-state index contributed by atoms with van der Waals surface area (Å²) in [7, 11) is 0. The maximum absolute atomic E-state index is 5.10. The van der Waals surface area contributed by atoms with Gasteiger partial charge in [0.2, 0.25) is 0 Å². The van der Waals surface area contributed by atoms with Crippen molar-refractivity contribution >= 4 is 0 Å². The lowest BCUT2D eigenvalue weighted by Gasteiger charge is -2.13. The minimum atomic E-state index is -0.665. The van der Waals surface area contributed by atoms with Gasteiger partial charge in [-0.1, -0.05) is 0 Å². The zero-order chi connectivity index (χ0) is 9.64. The van der Waals surface area contributed by atoms with Gasteiger partial charge in [0.15, 0.2) is 0 Å². The Morgan fingerprint density at radius 1 is 0.714 bits per heavy atom. The first-order valence-electron chi connectivity index (χ1n) is 4.10. The van der Waals surface area contributed by atoms with Gasteiger partial charge in [-0.25, -0.2) is 0 Å². The second kappa shape index (κ2) is 4.73. The second-order valence-electron chi connectivity index (χ2n) is 2.41. The molecule has 0 atom stereocenters. The summed E-state index contributed by atoms with van der Waals surface area (Å²) in [5.41, 5.74) is 0. The monoisotopic (exact) mass is 202 g/mol. The molecule has 0 fully saturated rings. The van der Waals surface area contributed by atoms with Gasteiger partial charge in [-0.2, -0.15) is 0 Å². The van der Waals surface area contributed by atoms with E-state index in [1.807, 2.05) is 0 Å². The highest BCUT2D eigenvalue weighted by Crippen LogP contribution is 2.08. The molecule has 0 saturated carbocycles. The Morgan fingerprint density at radius 3 is 1.43 bits per heavy atom. The van der Waals surface area contributed by atoms with Crippen LogP contribution in [0.15, 0.2) is 25.0 Å². The summed E-state index contributed by atoms with van der Waals surface area (Å²) >= 11 is 0. The number of rotatable bonds is 5. The van der Waals surface area contributed by atoms with E-state index in [4.69, 9.17) is 28.4 Å². The van der Waals surface area contributed by atoms with Gasteiger partial charge in [-0.3, -0.25) is 0 Å². The van der Waals surface area contributed by atoms with Gasteiger partial charge in [0.05, 0.1) is 13.2 Å². The van der Waals surface area contributed by atoms with Crippen molar-refractivity contribution in [1.29, 1.82) is 0 Å². The SMILES string of the molecule is C1=COC(OCCOC2OC=CO2)O1. The van der Waals surface area contributed by atoms with Gasteiger partial charge in [0.1, 0.15) is 25.0 Å². The molecule has 0 radical (unpaired) electrons. The second-order valence-corrected chi connectivity index (χ2v) is 2.41. The zero-order valence-corrected chi connectivity index (χ0v) is 7.33. The Balaban J connectivity index is 1.47. The molecule has 0 spiro atoms. The van der Waals surface area contributed by atoms with Crippen LogP contribution in [0.3, 0.4) is 0 Å². The zero-order valence-electron chi connectivity index (χ0n) is 7.33. The van der Waals surface area contributed by atoms with Gasteiger partial charge in [-0.15, -0.1) is 0 Å². The van der Waals surface area contributed by atoms with Crippen molar-refractivity contribution in [3.63, 3.8) is 0 Å². The van der Waals surface area contributed by atoms with E-state index in [-0.39, 0.29) is 0 Å². The van der Waals surface area contributed by atoms with Crippen molar-refractivity contribution in [3.05, 3.63) is 25.0 Å². The lowest BCUT2D eigenvalue weighted by molar-refractivity contribution is -0.253. The van der Waals surface area contributed by atoms with Crippen LogP contribution in [-0.2, 0) is 28.4 Å². The van der Waals surface area contributed by atoms with Crippen LogP contribution in [0.4, 0.5) is 0 Å². The van der Waals surface area contributed by atoms with E-state index in [0.717, 1.165) is 0 Å². The average Bonchev–Trinajstić information content (AvgIpc) is 2.86. The van der Waals surface area contributed by atoms with Gasteiger partial charge >= 0.3 is 13.0 Å². The van der Waals surface area contributed by atoms with Crippen molar-refractivity contribution in [1.82, 2.24) is 0 Å². The van der Waals surface area contributed by atoms with Crippen molar-refractivity contribution < 1.29 is 28.4 Å². The summed E-state index contributed by atoms with van der Waals surface area (Å²) in [5, 5.41) is 0. The third kappa shape index (κ3) is 2.54. The van der Waals surface area contributed by atoms with E-state index < -0.39 is 13.0 Å². The molecule has 6 heteroatoms. The van der Waals surface area contributed by atoms with Crippen LogP contribution in [0.25, 0.3) is 0 Å². The van der Waals surface area contributed by atoms with E-state index >= 15 is 0 Å². The van der Waals surface area contributed by atoms with E-state index in [2.05, 4.69) is 0 Å². The highest BCUT2D eigenvalue weighted by molar-refractivity contribution is 4.67. The van der Waals surface area contributed by atoms with E-state index in [1.54, 1.807) is 0 Å². The molecule has 6 nitrogen and oxygen atoms in total. The molecule has 0 aromatic heterocycles. The van der Waals surface area contributed by atoms with Crippen molar-refractivity contribution in [2.75, 3.05) is 13.2 Å². The summed E-state index contributed by atoms with van der Waals surface area (Å²) in [4.78, 5) is 0. The van der Waals surface area contributed by atoms with Crippen LogP contribution in [0.1, 0.15) is 0 Å². The predicted molar refractivity (Wildman–Crippen MR) is 42.1 cm³/mol. The quantitative estimate of drug-likeness (QED) is 0.609. The number of ether oxygens (including phenoxy) is 6. The van der Waals surface area contributed by atoms with Gasteiger partial charge in [0.25, 0.3) is 0 Å². The summed E-state index contributed by atoms with van der Waals surface area (Å²) in [6, 6.07) is 0. The molecular formula is C8H10O6. The van der Waals surface area contributed by atoms with Crippen LogP contribution >= 0.6 is 0 Å². The third-order valence-electron chi connectivity index (χ3n) is 1.46. The summed E-state index contributed by atoms with van der Waals surface area (Å²) < 4.78 is 29.7. The fourth-order valence-electron chi connectivity index (χ4n) is 0.895. The Hall–Kier alpha value is -1.40. The Labute approximate surface area is 80.6 Å². The smallest absolute Gasteiger partial charge is 0.360 e. The van der Waals surface area contributed by atoms with Crippen LogP contribution in [-0.4, -0.2) is 26.2 Å². The first-order chi connectivity index (χ1) is 6.95. The summed E-state index contributed by atoms with van der Waals surface area (Å²) in [5.74, 6) is 0. The molecule has 0 amide bonds. The summed E-state index contributed by atoms with van der Waals surface area (Å²) in [6.07, 6.45) is 5.66. The minimum absolute atomic E-state index is 0.329. The van der Waals surface area contributed by atoms with Gasteiger partial charge in [0, 0.05) is 0 Å². The molecular weight excluding hydrogens is 192 g/mol. The predicted octanol–water partition coefficient (Wildman–Crippen LogP) is 0.623. The molecule has 78 valence electrons. The molecule has 0 aromatic carbocycles. The lowest BCUT2D eigenvalue weighted by atomic mass is 10.8. The highest BCUT2D eigenvalue weighted by Gasteiger charge is 2.15. The maximum atomic E-state index is 5.10. The first kappa shape index (κ1) is 9.17. The average molecular weight is 202 g/mol. The molecule has 2 rings (SSSR count). The Kier molecular flexibility index (Phi) is 3.10. The van der Waals surface area contributed by atoms with Gasteiger partial charge < -0.3 is 28.4 Å². The number of hydrogen-bond donors (Lipinski definition) is 0. The largest absolute Gasteiger partial charge is 0.437 e. The maximum Gasteiger partial charge on any atom is 0.360 e. The highest BCUT2D eigenvalue weighted by atomic mass is 16.9. The van der Waals surface area contributed by atoms with Crippen LogP contribution in [0.2, 0.25) is 0 Å². The van der Waals surface area contributed by atoms with E-state index in [9.17, 15) is 0 Å². The van der Waals surface area contributed by atoms with Crippen molar-refractivity contribution in [3.8, 4) is 0 Å². The molecule has 2 heterocycles. The lowest BCUT2D eigenvalue weighted by Crippen LogP contribution is -2.20. The standard InChI is InChI=1S/C8H10O6/c1-2-10-7(9-1)13-5-6-14-8-11-3-4-12-8/h1-4,7-8H,5-6H2. The number of hydrogen-bond acceptors (Lipinski definition) is 6. The molecule has 0 bridgehead atoms. The van der Waals surface area contributed by atoms with E-state index in [1.165, 1.54) is 25.0 Å². The molecule has 0 aromatic rings. The third-order valence-corrected chi connectivity index (χ3v) is 1.46. The summed E-state index contributed by atoms with van der Waals surface area (Å²) in [6.45, 7) is -0.672. The van der Waals surface area contributed by atoms with Gasteiger partial charge in [-0.05, 0) is 0 Å². The van der Waals surface area contributed by atoms with E-state index in [0.29, 0.717) is 13.2 Å². The Morgan fingerprint density at radius 2 is 1.07 bits per heavy atom. The van der Waals surface area contributed by atoms with Crippen molar-refractivity contribution in [2.24, 2.45) is 0 Å². The minimum Gasteiger partial charge on any atom is -0.437 e. The fourth-order valence-corrected chi connectivity index (χ4v) is 0.895. The Bertz CT molecular complexity index is 186. The molecule has 0 aliphatic carbocycles. The van der Waals surface area contributed by atoms with Crippen molar-refractivity contribution in [2.45, 2.75) is 13.0 Å². The topological polar surface area (TPSA) is 55.4 Å². The normalized spacial score (nSPS) is 20.3. The molecule has 2 aliphatic rings. The molecule has 0 N–H and O–H groups in total. The molecule has 14 heavy (non-hydrogen) atoms. The fraction of sp³-hybridized carbons (Fsp3) is 0.500. The molecule has 0 unspecified atom stereocenters. The molecule has 0 saturated heterocycles. The van der Waals surface area contributed by atoms with Crippen LogP contribution in [0, 0.1) is 0 Å². The first-order valence-corrected chi connectivity index (χ1v) is 4.10. The van der Waals surface area contributed by atoms with Crippen LogP contribution < -0.4 is 0 Å². The van der Waals surface area contributed by atoms with Crippen LogP contribution in [0.5, 0.6) is 0 Å². The molecule has 2 aliphatic heterocycles.